The fourth-order valence-electron chi connectivity index (χ4n) is 4.53. The number of aromatic amines is 2. The van der Waals surface area contributed by atoms with Gasteiger partial charge in [-0.3, -0.25) is 10.00 Å². The highest BCUT2D eigenvalue weighted by atomic mass is 19.1. The third-order valence-electron chi connectivity index (χ3n) is 6.00. The van der Waals surface area contributed by atoms with Gasteiger partial charge in [-0.2, -0.15) is 5.10 Å². The van der Waals surface area contributed by atoms with Crippen LogP contribution >= 0.6 is 0 Å². The van der Waals surface area contributed by atoms with Crippen molar-refractivity contribution in [2.75, 3.05) is 0 Å². The molecule has 7 heteroatoms. The lowest BCUT2D eigenvalue weighted by Crippen LogP contribution is -2.36. The van der Waals surface area contributed by atoms with Crippen LogP contribution in [-0.2, 0) is 13.0 Å². The molecule has 31 heavy (non-hydrogen) atoms. The molecule has 154 valence electrons. The highest BCUT2D eigenvalue weighted by Gasteiger charge is 2.32. The monoisotopic (exact) mass is 412 g/mol. The van der Waals surface area contributed by atoms with E-state index < -0.39 is 0 Å². The maximum atomic E-state index is 13.3. The molecule has 2 atom stereocenters. The summed E-state index contributed by atoms with van der Waals surface area (Å²) in [5.74, 6) is 0.627. The summed E-state index contributed by atoms with van der Waals surface area (Å²) in [4.78, 5) is 11.8. The van der Waals surface area contributed by atoms with Crippen LogP contribution in [0.4, 0.5) is 4.39 Å². The number of fused-ring (bicyclic) bond motifs is 3. The normalized spacial score (nSPS) is 18.4. The third-order valence-corrected chi connectivity index (χ3v) is 6.00. The average Bonchev–Trinajstić information content (AvgIpc) is 3.54. The smallest absolute Gasteiger partial charge is 0.124 e. The predicted molar refractivity (Wildman–Crippen MR) is 117 cm³/mol. The standard InChI is InChI=1S/C24H21FN6/c25-16-8-6-15(7-9-16)21-13-26-24(30-21)20-12-18-17-4-1-2-5-19(17)29-23(18)22(28-20)14-31-11-3-10-27-31/h1-11,13,20,22,28-29H,12,14H2,(H,26,30)/t20-,22?/m1/s1. The van der Waals surface area contributed by atoms with Gasteiger partial charge in [-0.15, -0.1) is 0 Å². The van der Waals surface area contributed by atoms with Crippen LogP contribution < -0.4 is 5.32 Å². The van der Waals surface area contributed by atoms with E-state index in [0.29, 0.717) is 0 Å². The number of benzene rings is 2. The lowest BCUT2D eigenvalue weighted by molar-refractivity contribution is 0.350. The number of aromatic nitrogens is 5. The molecule has 1 unspecified atom stereocenters. The first-order valence-electron chi connectivity index (χ1n) is 10.4. The van der Waals surface area contributed by atoms with Crippen molar-refractivity contribution in [2.45, 2.75) is 25.0 Å². The van der Waals surface area contributed by atoms with Gasteiger partial charge in [0.15, 0.2) is 0 Å². The first kappa shape index (κ1) is 18.1. The van der Waals surface area contributed by atoms with Crippen molar-refractivity contribution in [1.82, 2.24) is 30.0 Å². The number of nitrogens with one attached hydrogen (secondary N) is 3. The van der Waals surface area contributed by atoms with Gasteiger partial charge in [0.05, 0.1) is 24.3 Å². The molecule has 6 rings (SSSR count). The van der Waals surface area contributed by atoms with Crippen molar-refractivity contribution in [3.05, 3.63) is 96.1 Å². The van der Waals surface area contributed by atoms with Crippen molar-refractivity contribution in [2.24, 2.45) is 0 Å². The molecule has 6 nitrogen and oxygen atoms in total. The van der Waals surface area contributed by atoms with E-state index in [9.17, 15) is 4.39 Å². The largest absolute Gasteiger partial charge is 0.357 e. The fraction of sp³-hybridized carbons (Fsp3) is 0.167. The van der Waals surface area contributed by atoms with E-state index in [-0.39, 0.29) is 17.9 Å². The topological polar surface area (TPSA) is 74.3 Å². The van der Waals surface area contributed by atoms with Crippen LogP contribution in [0.15, 0.2) is 73.2 Å². The summed E-state index contributed by atoms with van der Waals surface area (Å²) in [6.07, 6.45) is 6.49. The number of halogens is 1. The van der Waals surface area contributed by atoms with Gasteiger partial charge in [-0.05, 0) is 48.4 Å². The molecule has 0 aliphatic carbocycles. The Hall–Kier alpha value is -3.71. The molecule has 4 heterocycles. The van der Waals surface area contributed by atoms with Crippen LogP contribution in [0.2, 0.25) is 0 Å². The Balaban J connectivity index is 1.37. The number of nitrogens with zero attached hydrogens (tertiary/aromatic N) is 3. The van der Waals surface area contributed by atoms with Gasteiger partial charge < -0.3 is 9.97 Å². The molecule has 0 amide bonds. The number of rotatable bonds is 4. The van der Waals surface area contributed by atoms with Crippen LogP contribution in [0.25, 0.3) is 22.2 Å². The van der Waals surface area contributed by atoms with E-state index >= 15 is 0 Å². The summed E-state index contributed by atoms with van der Waals surface area (Å²) in [6.45, 7) is 0.717. The van der Waals surface area contributed by atoms with Gasteiger partial charge in [-0.25, -0.2) is 9.37 Å². The van der Waals surface area contributed by atoms with Crippen LogP contribution in [0.5, 0.6) is 0 Å². The molecule has 1 aliphatic heterocycles. The Morgan fingerprint density at radius 2 is 1.94 bits per heavy atom. The van der Waals surface area contributed by atoms with Crippen molar-refractivity contribution < 1.29 is 4.39 Å². The SMILES string of the molecule is Fc1ccc(-c2c[nH]c([C@H]3Cc4c([nH]c5ccccc45)C(Cn4cccn4)N3)n2)cc1. The minimum atomic E-state index is -0.248. The molecular weight excluding hydrogens is 391 g/mol. The van der Waals surface area contributed by atoms with E-state index in [1.54, 1.807) is 18.3 Å². The maximum absolute atomic E-state index is 13.3. The second-order valence-electron chi connectivity index (χ2n) is 7.94. The number of imidazole rings is 1. The Morgan fingerprint density at radius 1 is 1.06 bits per heavy atom. The van der Waals surface area contributed by atoms with Crippen LogP contribution in [0, 0.1) is 5.82 Å². The van der Waals surface area contributed by atoms with E-state index in [2.05, 4.69) is 44.6 Å². The summed E-state index contributed by atoms with van der Waals surface area (Å²) < 4.78 is 15.2. The van der Waals surface area contributed by atoms with Crippen molar-refractivity contribution in [3.8, 4) is 11.3 Å². The molecule has 3 N–H and O–H groups in total. The summed E-state index contributed by atoms with van der Waals surface area (Å²) >= 11 is 0. The Morgan fingerprint density at radius 3 is 2.77 bits per heavy atom. The average molecular weight is 412 g/mol. The summed E-state index contributed by atoms with van der Waals surface area (Å²) in [5.41, 5.74) is 5.37. The summed E-state index contributed by atoms with van der Waals surface area (Å²) in [7, 11) is 0. The Labute approximate surface area is 178 Å². The van der Waals surface area contributed by atoms with Crippen molar-refractivity contribution >= 4 is 10.9 Å². The van der Waals surface area contributed by atoms with E-state index in [4.69, 9.17) is 4.98 Å². The van der Waals surface area contributed by atoms with Gasteiger partial charge in [0.1, 0.15) is 11.6 Å². The molecule has 0 fully saturated rings. The second-order valence-corrected chi connectivity index (χ2v) is 7.94. The number of hydrogen-bond acceptors (Lipinski definition) is 3. The van der Waals surface area contributed by atoms with Crippen molar-refractivity contribution in [3.63, 3.8) is 0 Å². The van der Waals surface area contributed by atoms with Gasteiger partial charge in [0.2, 0.25) is 0 Å². The number of para-hydroxylation sites is 1. The molecule has 0 saturated carbocycles. The van der Waals surface area contributed by atoms with Gasteiger partial charge >= 0.3 is 0 Å². The quantitative estimate of drug-likeness (QED) is 0.406. The summed E-state index contributed by atoms with van der Waals surface area (Å²) in [6, 6.07) is 16.9. The minimum Gasteiger partial charge on any atom is -0.357 e. The zero-order chi connectivity index (χ0) is 20.8. The first-order chi connectivity index (χ1) is 15.2. The first-order valence-corrected chi connectivity index (χ1v) is 10.4. The molecule has 0 spiro atoms. The number of H-pyrrole nitrogens is 2. The lowest BCUT2D eigenvalue weighted by atomic mass is 9.93. The molecule has 0 radical (unpaired) electrons. The molecule has 5 aromatic rings. The highest BCUT2D eigenvalue weighted by Crippen LogP contribution is 2.36. The second kappa shape index (κ2) is 7.21. The molecular formula is C24H21FN6. The fourth-order valence-corrected chi connectivity index (χ4v) is 4.53. The van der Waals surface area contributed by atoms with Crippen molar-refractivity contribution in [1.29, 1.82) is 0 Å². The van der Waals surface area contributed by atoms with Gasteiger partial charge in [0, 0.05) is 40.8 Å². The van der Waals surface area contributed by atoms with Crippen LogP contribution in [-0.4, -0.2) is 24.7 Å². The predicted octanol–water partition coefficient (Wildman–Crippen LogP) is 4.52. The van der Waals surface area contributed by atoms with Gasteiger partial charge in [-0.1, -0.05) is 18.2 Å². The Bertz CT molecular complexity index is 1330. The molecule has 0 bridgehead atoms. The third kappa shape index (κ3) is 3.23. The zero-order valence-corrected chi connectivity index (χ0v) is 16.7. The lowest BCUT2D eigenvalue weighted by Gasteiger charge is -2.30. The highest BCUT2D eigenvalue weighted by molar-refractivity contribution is 5.85. The van der Waals surface area contributed by atoms with E-state index in [0.717, 1.165) is 35.6 Å². The zero-order valence-electron chi connectivity index (χ0n) is 16.7. The van der Waals surface area contributed by atoms with Crippen LogP contribution in [0.3, 0.4) is 0 Å². The summed E-state index contributed by atoms with van der Waals surface area (Å²) in [5, 5.41) is 9.40. The van der Waals surface area contributed by atoms with Gasteiger partial charge in [0.25, 0.3) is 0 Å². The molecule has 1 aliphatic rings. The number of hydrogen-bond donors (Lipinski definition) is 3. The molecule has 0 saturated heterocycles. The minimum absolute atomic E-state index is 0.0291. The molecule has 2 aromatic carbocycles. The van der Waals surface area contributed by atoms with E-state index in [1.807, 2.05) is 23.1 Å². The Kier molecular flexibility index (Phi) is 4.21. The maximum Gasteiger partial charge on any atom is 0.124 e. The van der Waals surface area contributed by atoms with E-state index in [1.165, 1.54) is 28.8 Å². The molecule has 3 aromatic heterocycles. The van der Waals surface area contributed by atoms with Crippen LogP contribution in [0.1, 0.15) is 29.2 Å².